The van der Waals surface area contributed by atoms with Crippen molar-refractivity contribution in [2.24, 2.45) is 0 Å². The van der Waals surface area contributed by atoms with E-state index in [0.29, 0.717) is 5.82 Å². The monoisotopic (exact) mass is 185 g/mol. The molecule has 0 radical (unpaired) electrons. The number of hydrogen-bond donors (Lipinski definition) is 1. The zero-order chi connectivity index (χ0) is 7.68. The Kier molecular flexibility index (Phi) is 1.55. The van der Waals surface area contributed by atoms with Crippen LogP contribution >= 0.6 is 23.6 Å². The molecule has 6 heteroatoms. The first-order valence-electron chi connectivity index (χ1n) is 2.80. The first-order chi connectivity index (χ1) is 5.36. The molecule has 0 amide bonds. The molecule has 1 N–H and O–H groups in total. The number of aromatic amines is 1. The molecule has 2 heterocycles. The van der Waals surface area contributed by atoms with Crippen LogP contribution in [0.1, 0.15) is 0 Å². The van der Waals surface area contributed by atoms with E-state index in [0.717, 1.165) is 5.69 Å². The smallest absolute Gasteiger partial charge is 0.314 e. The summed E-state index contributed by atoms with van der Waals surface area (Å²) in [6.07, 6.45) is 0. The summed E-state index contributed by atoms with van der Waals surface area (Å²) in [5.41, 5.74) is 2.48. The maximum absolute atomic E-state index is 4.73. The molecule has 4 nitrogen and oxygen atoms in total. The van der Waals surface area contributed by atoms with E-state index in [1.165, 1.54) is 11.3 Å². The van der Waals surface area contributed by atoms with E-state index in [-0.39, 0.29) is 4.84 Å². The fraction of sp³-hybridized carbons (Fsp3) is 0. The highest BCUT2D eigenvalue weighted by Crippen LogP contribution is 2.13. The molecule has 2 aromatic heterocycles. The summed E-state index contributed by atoms with van der Waals surface area (Å²) in [7, 11) is 0. The first kappa shape index (κ1) is 6.68. The zero-order valence-electron chi connectivity index (χ0n) is 5.27. The molecule has 0 saturated carbocycles. The predicted molar refractivity (Wildman–Crippen MR) is 42.8 cm³/mol. The van der Waals surface area contributed by atoms with E-state index in [9.17, 15) is 0 Å². The van der Waals surface area contributed by atoms with Crippen molar-refractivity contribution < 1.29 is 4.52 Å². The van der Waals surface area contributed by atoms with Gasteiger partial charge in [0.25, 0.3) is 0 Å². The maximum atomic E-state index is 4.73. The summed E-state index contributed by atoms with van der Waals surface area (Å²) in [5.74, 6) is 0.580. The molecular weight excluding hydrogens is 182 g/mol. The van der Waals surface area contributed by atoms with Crippen molar-refractivity contribution in [3.05, 3.63) is 15.7 Å². The molecule has 0 spiro atoms. The molecule has 0 atom stereocenters. The molecule has 56 valence electrons. The normalized spacial score (nSPS) is 10.2. The number of nitrogens with zero attached hydrogens (tertiary/aromatic N) is 2. The lowest BCUT2D eigenvalue weighted by molar-refractivity contribution is 0.406. The van der Waals surface area contributed by atoms with Crippen molar-refractivity contribution >= 4 is 23.6 Å². The number of H-pyrrole nitrogens is 1. The van der Waals surface area contributed by atoms with Crippen LogP contribution in [0.5, 0.6) is 0 Å². The molecule has 0 saturated heterocycles. The Hall–Kier alpha value is -1.01. The molecule has 0 aliphatic rings. The standard InChI is InChI=1S/C5H3N3OS2/c10-5-7-4(8-9-5)3-1-11-2-6-3/h1-2H,(H,7,8,10). The maximum Gasteiger partial charge on any atom is 0.314 e. The fourth-order valence-corrected chi connectivity index (χ4v) is 1.34. The average Bonchev–Trinajstić information content (AvgIpc) is 2.55. The van der Waals surface area contributed by atoms with Gasteiger partial charge in [-0.05, 0) is 12.2 Å². The third-order valence-electron chi connectivity index (χ3n) is 1.11. The van der Waals surface area contributed by atoms with Crippen LogP contribution in [0.25, 0.3) is 11.5 Å². The molecule has 0 aliphatic heterocycles. The minimum atomic E-state index is 0.202. The highest BCUT2D eigenvalue weighted by atomic mass is 32.1. The fourth-order valence-electron chi connectivity index (χ4n) is 0.668. The van der Waals surface area contributed by atoms with Gasteiger partial charge in [-0.25, -0.2) is 4.98 Å². The minimum Gasteiger partial charge on any atom is -0.348 e. The van der Waals surface area contributed by atoms with E-state index < -0.39 is 0 Å². The van der Waals surface area contributed by atoms with Gasteiger partial charge in [-0.3, -0.25) is 0 Å². The summed E-state index contributed by atoms with van der Waals surface area (Å²) in [4.78, 5) is 8.11. The Bertz CT molecular complexity index is 388. The molecule has 0 aliphatic carbocycles. The Labute approximate surface area is 70.9 Å². The Morgan fingerprint density at radius 3 is 3.09 bits per heavy atom. The molecule has 0 aromatic carbocycles. The van der Waals surface area contributed by atoms with Crippen molar-refractivity contribution in [1.29, 1.82) is 0 Å². The lowest BCUT2D eigenvalue weighted by atomic mass is 10.5. The van der Waals surface area contributed by atoms with Crippen molar-refractivity contribution in [1.82, 2.24) is 15.1 Å². The van der Waals surface area contributed by atoms with Gasteiger partial charge in [0, 0.05) is 5.38 Å². The predicted octanol–water partition coefficient (Wildman–Crippen LogP) is 1.86. The molecule has 0 bridgehead atoms. The molecule has 0 unspecified atom stereocenters. The van der Waals surface area contributed by atoms with Crippen molar-refractivity contribution in [3.8, 4) is 11.5 Å². The molecule has 2 aromatic rings. The van der Waals surface area contributed by atoms with E-state index >= 15 is 0 Å². The quantitative estimate of drug-likeness (QED) is 0.689. The number of nitrogens with one attached hydrogen (secondary N) is 1. The lowest BCUT2D eigenvalue weighted by Crippen LogP contribution is -1.77. The van der Waals surface area contributed by atoms with E-state index in [4.69, 9.17) is 4.52 Å². The summed E-state index contributed by atoms with van der Waals surface area (Å²) in [5, 5.41) is 4.43. The SMILES string of the molecule is S=c1nc(-c2cscn2)[nH]o1. The van der Waals surface area contributed by atoms with Gasteiger partial charge in [-0.15, -0.1) is 11.3 Å². The Morgan fingerprint density at radius 1 is 1.64 bits per heavy atom. The van der Waals surface area contributed by atoms with E-state index in [1.807, 2.05) is 5.38 Å². The van der Waals surface area contributed by atoms with Crippen LogP contribution < -0.4 is 0 Å². The second kappa shape index (κ2) is 2.55. The van der Waals surface area contributed by atoms with Crippen LogP contribution in [0, 0.1) is 4.84 Å². The minimum absolute atomic E-state index is 0.202. The van der Waals surface area contributed by atoms with Crippen LogP contribution in [0.3, 0.4) is 0 Å². The van der Waals surface area contributed by atoms with Gasteiger partial charge >= 0.3 is 4.84 Å². The summed E-state index contributed by atoms with van der Waals surface area (Å²) in [6.45, 7) is 0. The highest BCUT2D eigenvalue weighted by molar-refractivity contribution is 7.71. The molecule has 11 heavy (non-hydrogen) atoms. The van der Waals surface area contributed by atoms with Gasteiger partial charge in [-0.2, -0.15) is 10.1 Å². The van der Waals surface area contributed by atoms with Gasteiger partial charge in [0.05, 0.1) is 5.51 Å². The lowest BCUT2D eigenvalue weighted by Gasteiger charge is -1.81. The van der Waals surface area contributed by atoms with Gasteiger partial charge in [0.15, 0.2) is 5.82 Å². The third kappa shape index (κ3) is 1.22. The van der Waals surface area contributed by atoms with Crippen molar-refractivity contribution in [2.45, 2.75) is 0 Å². The van der Waals surface area contributed by atoms with Gasteiger partial charge < -0.3 is 4.52 Å². The Balaban J connectivity index is 2.53. The number of thiazole rings is 1. The van der Waals surface area contributed by atoms with Gasteiger partial charge in [0.2, 0.25) is 0 Å². The molecular formula is C5H3N3OS2. The summed E-state index contributed by atoms with van der Waals surface area (Å²) >= 11 is 6.17. The molecule has 2 rings (SSSR count). The van der Waals surface area contributed by atoms with E-state index in [1.54, 1.807) is 5.51 Å². The van der Waals surface area contributed by atoms with Crippen LogP contribution in [-0.4, -0.2) is 15.1 Å². The number of rotatable bonds is 1. The van der Waals surface area contributed by atoms with Crippen LogP contribution in [0.15, 0.2) is 15.4 Å². The summed E-state index contributed by atoms with van der Waals surface area (Å²) in [6, 6.07) is 0. The number of hydrogen-bond acceptors (Lipinski definition) is 5. The van der Waals surface area contributed by atoms with Crippen molar-refractivity contribution in [2.75, 3.05) is 0 Å². The molecule has 0 fully saturated rings. The second-order valence-electron chi connectivity index (χ2n) is 1.80. The summed E-state index contributed by atoms with van der Waals surface area (Å²) < 4.78 is 4.73. The average molecular weight is 185 g/mol. The number of aromatic nitrogens is 3. The van der Waals surface area contributed by atoms with Crippen molar-refractivity contribution in [3.63, 3.8) is 0 Å². The van der Waals surface area contributed by atoms with Gasteiger partial charge in [-0.1, -0.05) is 0 Å². The highest BCUT2D eigenvalue weighted by Gasteiger charge is 2.02. The third-order valence-corrected chi connectivity index (χ3v) is 1.87. The largest absolute Gasteiger partial charge is 0.348 e. The topological polar surface area (TPSA) is 54.7 Å². The zero-order valence-corrected chi connectivity index (χ0v) is 6.91. The van der Waals surface area contributed by atoms with Crippen LogP contribution in [0.4, 0.5) is 0 Å². The Morgan fingerprint density at radius 2 is 2.55 bits per heavy atom. The van der Waals surface area contributed by atoms with Crippen LogP contribution in [0.2, 0.25) is 0 Å². The second-order valence-corrected chi connectivity index (χ2v) is 2.87. The van der Waals surface area contributed by atoms with Gasteiger partial charge in [0.1, 0.15) is 5.69 Å². The first-order valence-corrected chi connectivity index (χ1v) is 4.15. The van der Waals surface area contributed by atoms with E-state index in [2.05, 4.69) is 27.3 Å². The van der Waals surface area contributed by atoms with Crippen LogP contribution in [-0.2, 0) is 0 Å².